The van der Waals surface area contributed by atoms with Crippen molar-refractivity contribution >= 4 is 5.97 Å². The normalized spacial score (nSPS) is 16.4. The fraction of sp³-hybridized carbons (Fsp3) is 0.350. The first-order valence-corrected chi connectivity index (χ1v) is 8.29. The molecule has 1 fully saturated rings. The summed E-state index contributed by atoms with van der Waals surface area (Å²) in [7, 11) is 1.61. The summed E-state index contributed by atoms with van der Waals surface area (Å²) in [5, 5.41) is 3.34. The second-order valence-corrected chi connectivity index (χ2v) is 6.18. The van der Waals surface area contributed by atoms with E-state index in [1.807, 2.05) is 43.3 Å². The maximum absolute atomic E-state index is 12.8. The molecule has 1 heterocycles. The van der Waals surface area contributed by atoms with Crippen molar-refractivity contribution < 1.29 is 14.3 Å². The zero-order valence-electron chi connectivity index (χ0n) is 14.2. The summed E-state index contributed by atoms with van der Waals surface area (Å²) in [4.78, 5) is 12.8. The zero-order chi connectivity index (χ0) is 17.0. The van der Waals surface area contributed by atoms with Gasteiger partial charge in [-0.2, -0.15) is 0 Å². The number of hydrogen-bond donors (Lipinski definition) is 1. The van der Waals surface area contributed by atoms with Gasteiger partial charge in [-0.3, -0.25) is 0 Å². The Balaban J connectivity index is 1.89. The lowest BCUT2D eigenvalue weighted by Crippen LogP contribution is -2.43. The standard InChI is InChI=1S/C20H23NO3/c1-15-8-9-16(14-18(15)23-2)19(22)24-20(10-12-21-13-11-20)17-6-4-3-5-7-17/h3-9,14,21H,10-13H2,1-2H3. The summed E-state index contributed by atoms with van der Waals surface area (Å²) in [5.74, 6) is 0.391. The minimum Gasteiger partial charge on any atom is -0.496 e. The van der Waals surface area contributed by atoms with Crippen molar-refractivity contribution in [1.29, 1.82) is 0 Å². The minimum absolute atomic E-state index is 0.306. The Hall–Kier alpha value is -2.33. The molecule has 0 saturated carbocycles. The molecule has 2 aromatic carbocycles. The van der Waals surface area contributed by atoms with Gasteiger partial charge >= 0.3 is 5.97 Å². The number of esters is 1. The molecule has 1 aliphatic heterocycles. The number of rotatable bonds is 4. The van der Waals surface area contributed by atoms with E-state index in [0.29, 0.717) is 11.3 Å². The first-order chi connectivity index (χ1) is 11.6. The van der Waals surface area contributed by atoms with E-state index in [-0.39, 0.29) is 5.97 Å². The lowest BCUT2D eigenvalue weighted by atomic mass is 9.84. The average molecular weight is 325 g/mol. The number of carbonyl (C=O) groups excluding carboxylic acids is 1. The minimum atomic E-state index is -0.568. The van der Waals surface area contributed by atoms with Crippen molar-refractivity contribution in [3.05, 3.63) is 65.2 Å². The molecule has 24 heavy (non-hydrogen) atoms. The van der Waals surface area contributed by atoms with Crippen LogP contribution in [0.2, 0.25) is 0 Å². The quantitative estimate of drug-likeness (QED) is 0.875. The van der Waals surface area contributed by atoms with Crippen LogP contribution in [0.4, 0.5) is 0 Å². The molecular weight excluding hydrogens is 302 g/mol. The number of nitrogens with one attached hydrogen (secondary N) is 1. The highest BCUT2D eigenvalue weighted by molar-refractivity contribution is 5.90. The lowest BCUT2D eigenvalue weighted by Gasteiger charge is -2.37. The molecule has 1 N–H and O–H groups in total. The molecule has 3 rings (SSSR count). The lowest BCUT2D eigenvalue weighted by molar-refractivity contribution is -0.0378. The van der Waals surface area contributed by atoms with Crippen LogP contribution in [0.25, 0.3) is 0 Å². The van der Waals surface area contributed by atoms with Crippen molar-refractivity contribution in [2.45, 2.75) is 25.4 Å². The van der Waals surface area contributed by atoms with Gasteiger partial charge in [-0.1, -0.05) is 36.4 Å². The third-order valence-corrected chi connectivity index (χ3v) is 4.64. The van der Waals surface area contributed by atoms with Crippen LogP contribution < -0.4 is 10.1 Å². The van der Waals surface area contributed by atoms with E-state index in [1.165, 1.54) is 0 Å². The van der Waals surface area contributed by atoms with Gasteiger partial charge in [0.25, 0.3) is 0 Å². The maximum atomic E-state index is 12.8. The molecule has 0 aromatic heterocycles. The van der Waals surface area contributed by atoms with Crippen molar-refractivity contribution in [2.75, 3.05) is 20.2 Å². The van der Waals surface area contributed by atoms with Crippen LogP contribution in [0.1, 0.15) is 34.3 Å². The van der Waals surface area contributed by atoms with Gasteiger partial charge in [0, 0.05) is 12.8 Å². The molecule has 0 spiro atoms. The predicted octanol–water partition coefficient (Wildman–Crippen LogP) is 3.44. The van der Waals surface area contributed by atoms with Crippen LogP contribution in [-0.2, 0) is 10.3 Å². The number of aryl methyl sites for hydroxylation is 1. The van der Waals surface area contributed by atoms with Gasteiger partial charge in [-0.05, 0) is 43.3 Å². The highest BCUT2D eigenvalue weighted by Crippen LogP contribution is 2.36. The molecule has 0 radical (unpaired) electrons. The Morgan fingerprint density at radius 2 is 1.79 bits per heavy atom. The first kappa shape index (κ1) is 16.5. The van der Waals surface area contributed by atoms with Crippen molar-refractivity contribution in [3.63, 3.8) is 0 Å². The summed E-state index contributed by atoms with van der Waals surface area (Å²) < 4.78 is 11.4. The Morgan fingerprint density at radius 3 is 2.46 bits per heavy atom. The Bertz CT molecular complexity index is 706. The van der Waals surface area contributed by atoms with Crippen LogP contribution in [0.5, 0.6) is 5.75 Å². The molecule has 1 saturated heterocycles. The monoisotopic (exact) mass is 325 g/mol. The van der Waals surface area contributed by atoms with Crippen molar-refractivity contribution in [2.24, 2.45) is 0 Å². The number of methoxy groups -OCH3 is 1. The molecule has 0 aliphatic carbocycles. The molecule has 0 unspecified atom stereocenters. The summed E-state index contributed by atoms with van der Waals surface area (Å²) in [5.41, 5.74) is 2.00. The fourth-order valence-corrected chi connectivity index (χ4v) is 3.21. The second-order valence-electron chi connectivity index (χ2n) is 6.18. The predicted molar refractivity (Wildman–Crippen MR) is 93.4 cm³/mol. The van der Waals surface area contributed by atoms with E-state index in [1.54, 1.807) is 19.2 Å². The molecule has 0 bridgehead atoms. The van der Waals surface area contributed by atoms with E-state index >= 15 is 0 Å². The molecule has 0 atom stereocenters. The van der Waals surface area contributed by atoms with E-state index < -0.39 is 5.60 Å². The van der Waals surface area contributed by atoms with E-state index in [4.69, 9.17) is 9.47 Å². The van der Waals surface area contributed by atoms with E-state index in [9.17, 15) is 4.79 Å². The Morgan fingerprint density at radius 1 is 1.08 bits per heavy atom. The fourth-order valence-electron chi connectivity index (χ4n) is 3.21. The van der Waals surface area contributed by atoms with Crippen molar-refractivity contribution in [1.82, 2.24) is 5.32 Å². The van der Waals surface area contributed by atoms with Crippen molar-refractivity contribution in [3.8, 4) is 5.75 Å². The molecule has 126 valence electrons. The number of benzene rings is 2. The highest BCUT2D eigenvalue weighted by Gasteiger charge is 2.38. The summed E-state index contributed by atoms with van der Waals surface area (Å²) in [6, 6.07) is 15.4. The third-order valence-electron chi connectivity index (χ3n) is 4.64. The summed E-state index contributed by atoms with van der Waals surface area (Å²) in [6.45, 7) is 3.62. The largest absolute Gasteiger partial charge is 0.496 e. The second kappa shape index (κ2) is 7.05. The molecule has 4 heteroatoms. The average Bonchev–Trinajstić information content (AvgIpc) is 2.63. The van der Waals surface area contributed by atoms with Gasteiger partial charge in [0.1, 0.15) is 11.4 Å². The van der Waals surface area contributed by atoms with Gasteiger partial charge in [0.2, 0.25) is 0 Å². The Kier molecular flexibility index (Phi) is 4.86. The summed E-state index contributed by atoms with van der Waals surface area (Å²) >= 11 is 0. The van der Waals surface area contributed by atoms with Crippen LogP contribution >= 0.6 is 0 Å². The number of ether oxygens (including phenoxy) is 2. The topological polar surface area (TPSA) is 47.6 Å². The first-order valence-electron chi connectivity index (χ1n) is 8.29. The number of piperidine rings is 1. The van der Waals surface area contributed by atoms with E-state index in [0.717, 1.165) is 37.1 Å². The zero-order valence-corrected chi connectivity index (χ0v) is 14.2. The van der Waals surface area contributed by atoms with Gasteiger partial charge in [0.05, 0.1) is 12.7 Å². The number of carbonyl (C=O) groups is 1. The van der Waals surface area contributed by atoms with Crippen LogP contribution in [0.15, 0.2) is 48.5 Å². The molecule has 1 aliphatic rings. The molecule has 0 amide bonds. The van der Waals surface area contributed by atoms with Gasteiger partial charge < -0.3 is 14.8 Å². The smallest absolute Gasteiger partial charge is 0.339 e. The van der Waals surface area contributed by atoms with Gasteiger partial charge in [0.15, 0.2) is 0 Å². The summed E-state index contributed by atoms with van der Waals surface area (Å²) in [6.07, 6.45) is 1.54. The SMILES string of the molecule is COc1cc(C(=O)OC2(c3ccccc3)CCNCC2)ccc1C. The molecular formula is C20H23NO3. The Labute approximate surface area is 142 Å². The highest BCUT2D eigenvalue weighted by atomic mass is 16.6. The van der Waals surface area contributed by atoms with Crippen LogP contribution in [-0.4, -0.2) is 26.2 Å². The number of hydrogen-bond acceptors (Lipinski definition) is 4. The van der Waals surface area contributed by atoms with E-state index in [2.05, 4.69) is 5.32 Å². The maximum Gasteiger partial charge on any atom is 0.339 e. The van der Waals surface area contributed by atoms with Crippen LogP contribution in [0, 0.1) is 6.92 Å². The third kappa shape index (κ3) is 3.29. The van der Waals surface area contributed by atoms with Gasteiger partial charge in [-0.15, -0.1) is 0 Å². The van der Waals surface area contributed by atoms with Crippen LogP contribution in [0.3, 0.4) is 0 Å². The van der Waals surface area contributed by atoms with Gasteiger partial charge in [-0.25, -0.2) is 4.79 Å². The molecule has 4 nitrogen and oxygen atoms in total. The molecule has 2 aromatic rings.